The van der Waals surface area contributed by atoms with Gasteiger partial charge in [0.15, 0.2) is 0 Å². The molecule has 0 heterocycles. The molecule has 0 aromatic carbocycles. The Bertz CT molecular complexity index is 306. The van der Waals surface area contributed by atoms with Crippen LogP contribution in [0, 0.1) is 11.8 Å². The summed E-state index contributed by atoms with van der Waals surface area (Å²) in [6, 6.07) is 0.128. The van der Waals surface area contributed by atoms with E-state index in [9.17, 15) is 9.59 Å². The number of hydrogen-bond donors (Lipinski definition) is 0. The fraction of sp³-hybridized carbons (Fsp3) is 0.857. The van der Waals surface area contributed by atoms with Gasteiger partial charge in [0.05, 0.1) is 6.04 Å². The number of rotatable bonds is 3. The van der Waals surface area contributed by atoms with Crippen LogP contribution in [0.25, 0.3) is 0 Å². The van der Waals surface area contributed by atoms with Crippen LogP contribution in [0.5, 0.6) is 0 Å². The van der Waals surface area contributed by atoms with E-state index in [2.05, 4.69) is 4.99 Å². The zero-order valence-corrected chi connectivity index (χ0v) is 10.4. The van der Waals surface area contributed by atoms with E-state index in [-0.39, 0.29) is 12.0 Å². The largest absolute Gasteiger partial charge is 0.299 e. The van der Waals surface area contributed by atoms with Crippen molar-refractivity contribution in [1.29, 1.82) is 0 Å². The molecule has 0 unspecified atom stereocenters. The minimum absolute atomic E-state index is 0.128. The lowest BCUT2D eigenvalue weighted by molar-refractivity contribution is -0.128. The zero-order valence-electron chi connectivity index (χ0n) is 10.4. The summed E-state index contributed by atoms with van der Waals surface area (Å²) in [5.74, 6) is 1.08. The molecule has 2 saturated carbocycles. The van der Waals surface area contributed by atoms with Crippen LogP contribution in [-0.2, 0) is 9.59 Å². The lowest BCUT2D eigenvalue weighted by atomic mass is 9.76. The van der Waals surface area contributed by atoms with Gasteiger partial charge in [-0.25, -0.2) is 9.79 Å². The third-order valence-corrected chi connectivity index (χ3v) is 4.34. The Morgan fingerprint density at radius 3 is 2.06 bits per heavy atom. The van der Waals surface area contributed by atoms with Gasteiger partial charge in [0.2, 0.25) is 6.08 Å². The van der Waals surface area contributed by atoms with E-state index in [1.807, 2.05) is 0 Å². The van der Waals surface area contributed by atoms with Gasteiger partial charge < -0.3 is 0 Å². The number of ketones is 1. The molecule has 0 saturated heterocycles. The first-order chi connectivity index (χ1) is 8.31. The van der Waals surface area contributed by atoms with Crippen LogP contribution in [0.4, 0.5) is 0 Å². The molecule has 94 valence electrons. The Morgan fingerprint density at radius 1 is 0.882 bits per heavy atom. The van der Waals surface area contributed by atoms with Gasteiger partial charge in [-0.15, -0.1) is 0 Å². The third kappa shape index (κ3) is 3.26. The number of hydrogen-bond acceptors (Lipinski definition) is 3. The maximum atomic E-state index is 12.3. The quantitative estimate of drug-likeness (QED) is 0.557. The van der Waals surface area contributed by atoms with Gasteiger partial charge in [0, 0.05) is 11.8 Å². The van der Waals surface area contributed by atoms with E-state index < -0.39 is 0 Å². The van der Waals surface area contributed by atoms with E-state index >= 15 is 0 Å². The molecule has 0 radical (unpaired) electrons. The molecule has 2 fully saturated rings. The standard InChI is InChI=1S/C14H21NO2/c16-10-15-13-8-6-12(7-9-13)14(17)11-4-2-1-3-5-11/h11-13H,1-9H2. The summed E-state index contributed by atoms with van der Waals surface area (Å²) in [5.41, 5.74) is 0. The first kappa shape index (κ1) is 12.5. The number of carbonyl (C=O) groups excluding carboxylic acids is 2. The lowest BCUT2D eigenvalue weighted by Gasteiger charge is -2.29. The number of Topliss-reactive ketones (excluding diaryl/α,β-unsaturated/α-hetero) is 1. The molecule has 0 aromatic rings. The van der Waals surface area contributed by atoms with Crippen molar-refractivity contribution in [2.75, 3.05) is 0 Å². The molecule has 17 heavy (non-hydrogen) atoms. The van der Waals surface area contributed by atoms with Crippen molar-refractivity contribution < 1.29 is 9.59 Å². The molecule has 3 heteroatoms. The van der Waals surface area contributed by atoms with E-state index in [4.69, 9.17) is 0 Å². The number of nitrogens with zero attached hydrogens (tertiary/aromatic N) is 1. The topological polar surface area (TPSA) is 46.5 Å². The van der Waals surface area contributed by atoms with Gasteiger partial charge >= 0.3 is 0 Å². The maximum absolute atomic E-state index is 12.3. The van der Waals surface area contributed by atoms with Crippen molar-refractivity contribution >= 4 is 11.9 Å². The number of aliphatic imine (C=N–C) groups is 1. The molecule has 0 amide bonds. The van der Waals surface area contributed by atoms with Crippen LogP contribution < -0.4 is 0 Å². The first-order valence-electron chi connectivity index (χ1n) is 6.92. The third-order valence-electron chi connectivity index (χ3n) is 4.34. The average molecular weight is 235 g/mol. The van der Waals surface area contributed by atoms with Crippen LogP contribution in [-0.4, -0.2) is 17.9 Å². The maximum Gasteiger partial charge on any atom is 0.235 e. The molecule has 0 aromatic heterocycles. The van der Waals surface area contributed by atoms with Crippen LogP contribution in [0.15, 0.2) is 4.99 Å². The molecule has 2 aliphatic carbocycles. The van der Waals surface area contributed by atoms with Gasteiger partial charge in [-0.05, 0) is 38.5 Å². The number of carbonyl (C=O) groups is 1. The van der Waals surface area contributed by atoms with Crippen molar-refractivity contribution in [2.45, 2.75) is 63.8 Å². The fourth-order valence-electron chi connectivity index (χ4n) is 3.28. The molecular weight excluding hydrogens is 214 g/mol. The van der Waals surface area contributed by atoms with Crippen molar-refractivity contribution in [1.82, 2.24) is 0 Å². The monoisotopic (exact) mass is 235 g/mol. The van der Waals surface area contributed by atoms with Crippen LogP contribution >= 0.6 is 0 Å². The SMILES string of the molecule is O=C=NC1CCC(C(=O)C2CCCCC2)CC1. The zero-order chi connectivity index (χ0) is 12.1. The highest BCUT2D eigenvalue weighted by Crippen LogP contribution is 2.33. The second-order valence-corrected chi connectivity index (χ2v) is 5.46. The highest BCUT2D eigenvalue weighted by Gasteiger charge is 2.31. The predicted octanol–water partition coefficient (Wildman–Crippen LogP) is 3.03. The summed E-state index contributed by atoms with van der Waals surface area (Å²) in [6.07, 6.45) is 11.2. The summed E-state index contributed by atoms with van der Waals surface area (Å²) in [4.78, 5) is 26.3. The summed E-state index contributed by atoms with van der Waals surface area (Å²) < 4.78 is 0. The van der Waals surface area contributed by atoms with E-state index in [1.165, 1.54) is 19.3 Å². The summed E-state index contributed by atoms with van der Waals surface area (Å²) in [7, 11) is 0. The second-order valence-electron chi connectivity index (χ2n) is 5.46. The van der Waals surface area contributed by atoms with Gasteiger partial charge in [-0.1, -0.05) is 19.3 Å². The molecule has 0 N–H and O–H groups in total. The molecule has 0 atom stereocenters. The molecule has 3 nitrogen and oxygen atoms in total. The van der Waals surface area contributed by atoms with Gasteiger partial charge in [-0.3, -0.25) is 4.79 Å². The van der Waals surface area contributed by atoms with Gasteiger partial charge in [0.25, 0.3) is 0 Å². The van der Waals surface area contributed by atoms with Crippen molar-refractivity contribution in [3.63, 3.8) is 0 Å². The Balaban J connectivity index is 1.83. The predicted molar refractivity (Wildman–Crippen MR) is 65.4 cm³/mol. The van der Waals surface area contributed by atoms with Crippen LogP contribution in [0.1, 0.15) is 57.8 Å². The fourth-order valence-corrected chi connectivity index (χ4v) is 3.28. The minimum Gasteiger partial charge on any atom is -0.299 e. The Kier molecular flexibility index (Phi) is 4.49. The smallest absolute Gasteiger partial charge is 0.235 e. The highest BCUT2D eigenvalue weighted by atomic mass is 16.1. The van der Waals surface area contributed by atoms with Crippen LogP contribution in [0.3, 0.4) is 0 Å². The van der Waals surface area contributed by atoms with E-state index in [0.29, 0.717) is 11.7 Å². The molecule has 0 spiro atoms. The van der Waals surface area contributed by atoms with Crippen molar-refractivity contribution in [2.24, 2.45) is 16.8 Å². The van der Waals surface area contributed by atoms with Gasteiger partial charge in [-0.2, -0.15) is 0 Å². The second kappa shape index (κ2) is 6.11. The Labute approximate surface area is 103 Å². The molecule has 0 aliphatic heterocycles. The minimum atomic E-state index is 0.128. The number of isocyanates is 1. The van der Waals surface area contributed by atoms with E-state index in [1.54, 1.807) is 6.08 Å². The lowest BCUT2D eigenvalue weighted by Crippen LogP contribution is -2.29. The molecule has 0 bridgehead atoms. The van der Waals surface area contributed by atoms with E-state index in [0.717, 1.165) is 38.5 Å². The summed E-state index contributed by atoms with van der Waals surface area (Å²) in [6.45, 7) is 0. The summed E-state index contributed by atoms with van der Waals surface area (Å²) in [5, 5.41) is 0. The first-order valence-corrected chi connectivity index (χ1v) is 6.92. The molecule has 2 aliphatic rings. The average Bonchev–Trinajstić information content (AvgIpc) is 2.40. The van der Waals surface area contributed by atoms with Crippen molar-refractivity contribution in [3.05, 3.63) is 0 Å². The van der Waals surface area contributed by atoms with Gasteiger partial charge in [0.1, 0.15) is 5.78 Å². The molecule has 2 rings (SSSR count). The Morgan fingerprint density at radius 2 is 1.47 bits per heavy atom. The highest BCUT2D eigenvalue weighted by molar-refractivity contribution is 5.83. The van der Waals surface area contributed by atoms with Crippen molar-refractivity contribution in [3.8, 4) is 0 Å². The molecular formula is C14H21NO2. The normalized spacial score (nSPS) is 30.6. The summed E-state index contributed by atoms with van der Waals surface area (Å²) >= 11 is 0. The Hall–Kier alpha value is -0.950. The van der Waals surface area contributed by atoms with Crippen LogP contribution in [0.2, 0.25) is 0 Å².